The average Bonchev–Trinajstić information content (AvgIpc) is 2.80. The van der Waals surface area contributed by atoms with Gasteiger partial charge >= 0.3 is 0 Å². The summed E-state index contributed by atoms with van der Waals surface area (Å²) in [6.07, 6.45) is 3.68. The molecule has 3 atom stereocenters. The maximum Gasteiger partial charge on any atom is 0.232 e. The Kier molecular flexibility index (Phi) is 2.23. The van der Waals surface area contributed by atoms with Gasteiger partial charge in [-0.15, -0.1) is 0 Å². The number of hydrogen-bond acceptors (Lipinski definition) is 1. The summed E-state index contributed by atoms with van der Waals surface area (Å²) in [6.45, 7) is 2.29. The van der Waals surface area contributed by atoms with Gasteiger partial charge < -0.3 is 5.32 Å². The number of benzene rings is 1. The van der Waals surface area contributed by atoms with Crippen molar-refractivity contribution in [2.45, 2.75) is 32.1 Å². The van der Waals surface area contributed by atoms with Gasteiger partial charge in [-0.3, -0.25) is 4.79 Å². The fraction of sp³-hybridized carbons (Fsp3) is 0.500. The lowest BCUT2D eigenvalue weighted by atomic mass is 9.85. The molecule has 1 aliphatic heterocycles. The molecule has 1 aromatic carbocycles. The summed E-state index contributed by atoms with van der Waals surface area (Å²) in [5, 5.41) is 3.00. The van der Waals surface area contributed by atoms with E-state index < -0.39 is 0 Å². The number of hydrogen-bond donors (Lipinski definition) is 1. The SMILES string of the molecule is CC1CCC(C2C(=O)Nc3ccccc32)C1. The van der Waals surface area contributed by atoms with Crippen LogP contribution < -0.4 is 5.32 Å². The molecule has 0 spiro atoms. The zero-order valence-electron chi connectivity index (χ0n) is 9.57. The molecule has 2 heteroatoms. The predicted octanol–water partition coefficient (Wildman–Crippen LogP) is 3.16. The van der Waals surface area contributed by atoms with Gasteiger partial charge in [0.1, 0.15) is 0 Å². The highest BCUT2D eigenvalue weighted by molar-refractivity contribution is 6.03. The fourth-order valence-corrected chi connectivity index (χ4v) is 3.26. The molecule has 0 saturated heterocycles. The van der Waals surface area contributed by atoms with Gasteiger partial charge in [0.05, 0.1) is 5.92 Å². The topological polar surface area (TPSA) is 29.1 Å². The second kappa shape index (κ2) is 3.62. The van der Waals surface area contributed by atoms with Crippen LogP contribution in [0.5, 0.6) is 0 Å². The van der Waals surface area contributed by atoms with Gasteiger partial charge in [0.25, 0.3) is 0 Å². The largest absolute Gasteiger partial charge is 0.325 e. The number of carbonyl (C=O) groups excluding carboxylic acids is 1. The van der Waals surface area contributed by atoms with E-state index in [0.29, 0.717) is 5.92 Å². The smallest absolute Gasteiger partial charge is 0.232 e. The standard InChI is InChI=1S/C14H17NO/c1-9-6-7-10(8-9)13-11-4-2-3-5-12(11)15-14(13)16/h2-5,9-10,13H,6-8H2,1H3,(H,15,16). The Hall–Kier alpha value is -1.31. The summed E-state index contributed by atoms with van der Waals surface area (Å²) in [4.78, 5) is 12.0. The van der Waals surface area contributed by atoms with Crippen molar-refractivity contribution in [2.75, 3.05) is 5.32 Å². The second-order valence-corrected chi connectivity index (χ2v) is 5.23. The number of nitrogens with one attached hydrogen (secondary N) is 1. The normalized spacial score (nSPS) is 32.6. The Morgan fingerprint density at radius 1 is 1.25 bits per heavy atom. The number of carbonyl (C=O) groups is 1. The molecule has 1 amide bonds. The van der Waals surface area contributed by atoms with E-state index in [9.17, 15) is 4.79 Å². The van der Waals surface area contributed by atoms with Crippen LogP contribution in [0.1, 0.15) is 37.7 Å². The van der Waals surface area contributed by atoms with Crippen LogP contribution in [0.4, 0.5) is 5.69 Å². The molecule has 16 heavy (non-hydrogen) atoms. The molecular formula is C14H17NO. The zero-order valence-corrected chi connectivity index (χ0v) is 9.57. The molecule has 1 heterocycles. The van der Waals surface area contributed by atoms with E-state index in [-0.39, 0.29) is 11.8 Å². The Balaban J connectivity index is 1.93. The van der Waals surface area contributed by atoms with Crippen molar-refractivity contribution in [3.63, 3.8) is 0 Å². The molecule has 0 radical (unpaired) electrons. The second-order valence-electron chi connectivity index (χ2n) is 5.23. The first-order valence-electron chi connectivity index (χ1n) is 6.15. The lowest BCUT2D eigenvalue weighted by Gasteiger charge is -2.16. The Morgan fingerprint density at radius 2 is 2.06 bits per heavy atom. The summed E-state index contributed by atoms with van der Waals surface area (Å²) < 4.78 is 0. The Labute approximate surface area is 96.1 Å². The van der Waals surface area contributed by atoms with Crippen molar-refractivity contribution >= 4 is 11.6 Å². The highest BCUT2D eigenvalue weighted by atomic mass is 16.2. The van der Waals surface area contributed by atoms with E-state index in [1.807, 2.05) is 18.2 Å². The van der Waals surface area contributed by atoms with Gasteiger partial charge in [0.2, 0.25) is 5.91 Å². The molecule has 1 saturated carbocycles. The molecule has 1 aliphatic carbocycles. The number of para-hydroxylation sites is 1. The number of amides is 1. The van der Waals surface area contributed by atoms with E-state index in [4.69, 9.17) is 0 Å². The molecule has 1 N–H and O–H groups in total. The first-order valence-corrected chi connectivity index (χ1v) is 6.15. The van der Waals surface area contributed by atoms with Crippen molar-refractivity contribution < 1.29 is 4.79 Å². The minimum Gasteiger partial charge on any atom is -0.325 e. The molecular weight excluding hydrogens is 198 g/mol. The van der Waals surface area contributed by atoms with Crippen molar-refractivity contribution in [1.29, 1.82) is 0 Å². The maximum atomic E-state index is 12.0. The number of fused-ring (bicyclic) bond motifs is 1. The molecule has 2 nitrogen and oxygen atoms in total. The van der Waals surface area contributed by atoms with E-state index in [1.165, 1.54) is 24.8 Å². The van der Waals surface area contributed by atoms with Crippen LogP contribution in [-0.4, -0.2) is 5.91 Å². The lowest BCUT2D eigenvalue weighted by molar-refractivity contribution is -0.118. The van der Waals surface area contributed by atoms with Crippen molar-refractivity contribution in [3.05, 3.63) is 29.8 Å². The van der Waals surface area contributed by atoms with Gasteiger partial charge in [0, 0.05) is 5.69 Å². The van der Waals surface area contributed by atoms with E-state index >= 15 is 0 Å². The third-order valence-electron chi connectivity index (χ3n) is 4.04. The van der Waals surface area contributed by atoms with E-state index in [1.54, 1.807) is 0 Å². The Bertz CT molecular complexity index is 426. The van der Waals surface area contributed by atoms with Gasteiger partial charge in [-0.05, 0) is 36.3 Å². The first kappa shape index (κ1) is 9.88. The third-order valence-corrected chi connectivity index (χ3v) is 4.04. The lowest BCUT2D eigenvalue weighted by Crippen LogP contribution is -2.19. The van der Waals surface area contributed by atoms with Crippen molar-refractivity contribution in [2.24, 2.45) is 11.8 Å². The van der Waals surface area contributed by atoms with Crippen LogP contribution in [0.15, 0.2) is 24.3 Å². The van der Waals surface area contributed by atoms with E-state index in [0.717, 1.165) is 11.6 Å². The minimum atomic E-state index is 0.112. The number of rotatable bonds is 1. The highest BCUT2D eigenvalue weighted by Gasteiger charge is 2.39. The van der Waals surface area contributed by atoms with Crippen LogP contribution in [0.25, 0.3) is 0 Å². The minimum absolute atomic E-state index is 0.112. The highest BCUT2D eigenvalue weighted by Crippen LogP contribution is 2.45. The monoisotopic (exact) mass is 215 g/mol. The quantitative estimate of drug-likeness (QED) is 0.766. The summed E-state index contributed by atoms with van der Waals surface area (Å²) in [5.74, 6) is 1.66. The molecule has 2 aliphatic rings. The van der Waals surface area contributed by atoms with Crippen LogP contribution in [-0.2, 0) is 4.79 Å². The van der Waals surface area contributed by atoms with Crippen LogP contribution >= 0.6 is 0 Å². The molecule has 3 unspecified atom stereocenters. The number of anilines is 1. The van der Waals surface area contributed by atoms with Gasteiger partial charge in [-0.1, -0.05) is 31.5 Å². The zero-order chi connectivity index (χ0) is 11.1. The van der Waals surface area contributed by atoms with Crippen LogP contribution in [0.2, 0.25) is 0 Å². The van der Waals surface area contributed by atoms with E-state index in [2.05, 4.69) is 18.3 Å². The third kappa shape index (κ3) is 1.44. The summed E-state index contributed by atoms with van der Waals surface area (Å²) >= 11 is 0. The van der Waals surface area contributed by atoms with Crippen molar-refractivity contribution in [3.8, 4) is 0 Å². The Morgan fingerprint density at radius 3 is 2.81 bits per heavy atom. The molecule has 1 fully saturated rings. The molecule has 84 valence electrons. The summed E-state index contributed by atoms with van der Waals surface area (Å²) in [7, 11) is 0. The summed E-state index contributed by atoms with van der Waals surface area (Å²) in [6, 6.07) is 8.12. The average molecular weight is 215 g/mol. The molecule has 1 aromatic rings. The molecule has 3 rings (SSSR count). The summed E-state index contributed by atoms with van der Waals surface area (Å²) in [5.41, 5.74) is 2.24. The van der Waals surface area contributed by atoms with Gasteiger partial charge in [0.15, 0.2) is 0 Å². The predicted molar refractivity (Wildman–Crippen MR) is 64.3 cm³/mol. The maximum absolute atomic E-state index is 12.0. The molecule has 0 aromatic heterocycles. The van der Waals surface area contributed by atoms with Gasteiger partial charge in [-0.25, -0.2) is 0 Å². The van der Waals surface area contributed by atoms with Crippen LogP contribution in [0.3, 0.4) is 0 Å². The van der Waals surface area contributed by atoms with Crippen molar-refractivity contribution in [1.82, 2.24) is 0 Å². The van der Waals surface area contributed by atoms with Crippen LogP contribution in [0, 0.1) is 11.8 Å². The fourth-order valence-electron chi connectivity index (χ4n) is 3.26. The molecule has 0 bridgehead atoms. The van der Waals surface area contributed by atoms with Gasteiger partial charge in [-0.2, -0.15) is 0 Å². The first-order chi connectivity index (χ1) is 7.75.